The summed E-state index contributed by atoms with van der Waals surface area (Å²) in [5, 5.41) is 6.89. The molecule has 0 bridgehead atoms. The second kappa shape index (κ2) is 9.36. The van der Waals surface area contributed by atoms with Gasteiger partial charge in [0.05, 0.1) is 12.2 Å². The third kappa shape index (κ3) is 5.26. The third-order valence-corrected chi connectivity index (χ3v) is 7.05. The van der Waals surface area contributed by atoms with Crippen molar-refractivity contribution in [2.75, 3.05) is 30.3 Å². The van der Waals surface area contributed by atoms with Crippen molar-refractivity contribution in [2.45, 2.75) is 13.0 Å². The molecule has 1 N–H and O–H groups in total. The number of para-hydroxylation sites is 1. The van der Waals surface area contributed by atoms with Crippen LogP contribution in [-0.2, 0) is 11.1 Å². The SMILES string of the molecule is O=C(N1CCP(=O)(O)CC1)N(Cc1ccc(-c2nnc(C(F)F)o2)cc1)c1ccccc1F. The number of anilines is 1. The van der Waals surface area contributed by atoms with E-state index < -0.39 is 31.5 Å². The van der Waals surface area contributed by atoms with Crippen molar-refractivity contribution < 1.29 is 31.8 Å². The van der Waals surface area contributed by atoms with Crippen LogP contribution in [-0.4, -0.2) is 51.4 Å². The standard InChI is InChI=1S/C21H20F3N4O4P/c22-16-3-1-2-4-17(16)28(21(29)27-9-11-33(30,31)12-10-27)13-14-5-7-15(8-6-14)19-25-26-20(32-19)18(23)24/h1-8,18H,9-13H2,(H,30,31). The third-order valence-electron chi connectivity index (χ3n) is 5.25. The van der Waals surface area contributed by atoms with Crippen LogP contribution in [0.15, 0.2) is 52.9 Å². The number of hydrogen-bond donors (Lipinski definition) is 1. The normalized spacial score (nSPS) is 15.6. The molecule has 33 heavy (non-hydrogen) atoms. The number of aromatic nitrogens is 2. The Morgan fingerprint density at radius 3 is 2.39 bits per heavy atom. The minimum Gasteiger partial charge on any atom is -0.415 e. The zero-order valence-electron chi connectivity index (χ0n) is 17.3. The van der Waals surface area contributed by atoms with Gasteiger partial charge in [-0.25, -0.2) is 9.18 Å². The van der Waals surface area contributed by atoms with Gasteiger partial charge in [-0.3, -0.25) is 9.46 Å². The summed E-state index contributed by atoms with van der Waals surface area (Å²) < 4.78 is 56.7. The summed E-state index contributed by atoms with van der Waals surface area (Å²) in [7, 11) is -3.23. The van der Waals surface area contributed by atoms with E-state index in [-0.39, 0.29) is 43.5 Å². The molecule has 2 aromatic carbocycles. The van der Waals surface area contributed by atoms with Gasteiger partial charge in [0.15, 0.2) is 0 Å². The molecule has 174 valence electrons. The fourth-order valence-corrected chi connectivity index (χ4v) is 4.77. The van der Waals surface area contributed by atoms with Gasteiger partial charge >= 0.3 is 12.5 Å². The van der Waals surface area contributed by atoms with Crippen LogP contribution in [0.25, 0.3) is 11.5 Å². The van der Waals surface area contributed by atoms with Crippen LogP contribution in [0.4, 0.5) is 23.7 Å². The molecule has 1 saturated heterocycles. The lowest BCUT2D eigenvalue weighted by Gasteiger charge is -2.34. The molecule has 0 saturated carbocycles. The number of carbonyl (C=O) groups is 1. The topological polar surface area (TPSA) is 99.8 Å². The van der Waals surface area contributed by atoms with E-state index in [4.69, 9.17) is 4.42 Å². The molecule has 0 radical (unpaired) electrons. The number of alkyl halides is 2. The zero-order valence-corrected chi connectivity index (χ0v) is 18.2. The van der Waals surface area contributed by atoms with Crippen LogP contribution in [0.1, 0.15) is 17.9 Å². The van der Waals surface area contributed by atoms with Crippen molar-refractivity contribution in [2.24, 2.45) is 0 Å². The summed E-state index contributed by atoms with van der Waals surface area (Å²) in [6.45, 7) is 0.208. The highest BCUT2D eigenvalue weighted by molar-refractivity contribution is 7.58. The van der Waals surface area contributed by atoms with Gasteiger partial charge in [0, 0.05) is 31.0 Å². The van der Waals surface area contributed by atoms with Gasteiger partial charge in [0.1, 0.15) is 5.82 Å². The number of amides is 2. The Morgan fingerprint density at radius 1 is 1.12 bits per heavy atom. The first-order valence-electron chi connectivity index (χ1n) is 10.1. The summed E-state index contributed by atoms with van der Waals surface area (Å²) in [6.07, 6.45) is -2.90. The Morgan fingerprint density at radius 2 is 1.79 bits per heavy atom. The predicted molar refractivity (Wildman–Crippen MR) is 114 cm³/mol. The van der Waals surface area contributed by atoms with Crippen LogP contribution < -0.4 is 4.90 Å². The van der Waals surface area contributed by atoms with E-state index >= 15 is 0 Å². The molecule has 12 heteroatoms. The molecule has 2 heterocycles. The highest BCUT2D eigenvalue weighted by Gasteiger charge is 2.32. The molecule has 0 aliphatic carbocycles. The van der Waals surface area contributed by atoms with Gasteiger partial charge in [0.25, 0.3) is 5.89 Å². The first-order chi connectivity index (χ1) is 15.7. The first kappa shape index (κ1) is 23.0. The Bertz CT molecular complexity index is 1180. The van der Waals surface area contributed by atoms with Crippen molar-refractivity contribution in [1.29, 1.82) is 0 Å². The van der Waals surface area contributed by atoms with Crippen LogP contribution in [0, 0.1) is 5.82 Å². The maximum absolute atomic E-state index is 14.6. The molecule has 4 rings (SSSR count). The molecule has 1 aromatic heterocycles. The lowest BCUT2D eigenvalue weighted by atomic mass is 10.1. The number of halogens is 3. The summed E-state index contributed by atoms with van der Waals surface area (Å²) in [4.78, 5) is 25.7. The number of rotatable bonds is 5. The quantitative estimate of drug-likeness (QED) is 0.539. The molecule has 0 spiro atoms. The Labute approximate surface area is 187 Å². The minimum atomic E-state index is -3.23. The maximum atomic E-state index is 14.6. The van der Waals surface area contributed by atoms with E-state index in [2.05, 4.69) is 10.2 Å². The second-order valence-corrected chi connectivity index (χ2v) is 10.1. The van der Waals surface area contributed by atoms with Gasteiger partial charge in [-0.1, -0.05) is 24.3 Å². The van der Waals surface area contributed by atoms with Crippen molar-refractivity contribution >= 4 is 19.1 Å². The molecule has 2 amide bonds. The van der Waals surface area contributed by atoms with E-state index in [1.807, 2.05) is 0 Å². The average Bonchev–Trinajstić information content (AvgIpc) is 3.29. The van der Waals surface area contributed by atoms with E-state index in [0.29, 0.717) is 11.1 Å². The summed E-state index contributed by atoms with van der Waals surface area (Å²) in [6, 6.07) is 11.8. The zero-order chi connectivity index (χ0) is 23.6. The fraction of sp³-hybridized carbons (Fsp3) is 0.286. The van der Waals surface area contributed by atoms with Gasteiger partial charge in [-0.2, -0.15) is 8.78 Å². The number of nitrogens with zero attached hydrogens (tertiary/aromatic N) is 4. The molecule has 1 aliphatic rings. The van der Waals surface area contributed by atoms with Crippen LogP contribution in [0.2, 0.25) is 0 Å². The largest absolute Gasteiger partial charge is 0.415 e. The van der Waals surface area contributed by atoms with E-state index in [9.17, 15) is 27.4 Å². The highest BCUT2D eigenvalue weighted by atomic mass is 31.2. The van der Waals surface area contributed by atoms with Gasteiger partial charge < -0.3 is 14.2 Å². The molecular formula is C21H20F3N4O4P. The summed E-state index contributed by atoms with van der Waals surface area (Å²) >= 11 is 0. The molecule has 0 atom stereocenters. The number of benzene rings is 2. The number of urea groups is 1. The minimum absolute atomic E-state index is 0.0106. The summed E-state index contributed by atoms with van der Waals surface area (Å²) in [5.41, 5.74) is 1.12. The van der Waals surface area contributed by atoms with Crippen molar-refractivity contribution in [3.63, 3.8) is 0 Å². The molecule has 3 aromatic rings. The molecule has 1 aliphatic heterocycles. The van der Waals surface area contributed by atoms with Crippen LogP contribution in [0.3, 0.4) is 0 Å². The second-order valence-electron chi connectivity index (χ2n) is 7.54. The lowest BCUT2D eigenvalue weighted by Crippen LogP contribution is -2.47. The van der Waals surface area contributed by atoms with E-state index in [0.717, 1.165) is 0 Å². The molecule has 1 fully saturated rings. The van der Waals surface area contributed by atoms with Crippen LogP contribution >= 0.6 is 7.37 Å². The number of hydrogen-bond acceptors (Lipinski definition) is 5. The Hall–Kier alpha value is -3.17. The molecule has 0 unspecified atom stereocenters. The molecule has 8 nitrogen and oxygen atoms in total. The van der Waals surface area contributed by atoms with Crippen molar-refractivity contribution in [1.82, 2.24) is 15.1 Å². The van der Waals surface area contributed by atoms with Gasteiger partial charge in [-0.05, 0) is 29.8 Å². The smallest absolute Gasteiger partial charge is 0.324 e. The van der Waals surface area contributed by atoms with E-state index in [1.54, 1.807) is 30.3 Å². The van der Waals surface area contributed by atoms with Crippen molar-refractivity contribution in [3.05, 3.63) is 65.8 Å². The van der Waals surface area contributed by atoms with Gasteiger partial charge in [0.2, 0.25) is 13.3 Å². The first-order valence-corrected chi connectivity index (χ1v) is 12.1. The Balaban J connectivity index is 1.57. The number of carbonyl (C=O) groups excluding carboxylic acids is 1. The average molecular weight is 480 g/mol. The fourth-order valence-electron chi connectivity index (χ4n) is 3.44. The Kier molecular flexibility index (Phi) is 6.53. The van der Waals surface area contributed by atoms with E-state index in [1.165, 1.54) is 28.0 Å². The van der Waals surface area contributed by atoms with Crippen LogP contribution in [0.5, 0.6) is 0 Å². The monoisotopic (exact) mass is 480 g/mol. The predicted octanol–water partition coefficient (Wildman–Crippen LogP) is 4.53. The lowest BCUT2D eigenvalue weighted by molar-refractivity contribution is 0.116. The molecular weight excluding hydrogens is 460 g/mol. The van der Waals surface area contributed by atoms with Crippen molar-refractivity contribution in [3.8, 4) is 11.5 Å². The highest BCUT2D eigenvalue weighted by Crippen LogP contribution is 2.42. The van der Waals surface area contributed by atoms with Gasteiger partial charge in [-0.15, -0.1) is 10.2 Å². The maximum Gasteiger partial charge on any atom is 0.324 e. The summed E-state index contributed by atoms with van der Waals surface area (Å²) in [5.74, 6) is -1.43.